The summed E-state index contributed by atoms with van der Waals surface area (Å²) < 4.78 is 18.3. The van der Waals surface area contributed by atoms with E-state index in [1.54, 1.807) is 29.2 Å². The van der Waals surface area contributed by atoms with Crippen LogP contribution in [0.1, 0.15) is 18.4 Å². The Bertz CT molecular complexity index is 811. The number of carbonyl (C=O) groups is 2. The highest BCUT2D eigenvalue weighted by Crippen LogP contribution is 2.21. The first-order valence-electron chi connectivity index (χ1n) is 9.19. The number of nitrogens with one attached hydrogen (secondary N) is 1. The van der Waals surface area contributed by atoms with Gasteiger partial charge >= 0.3 is 0 Å². The van der Waals surface area contributed by atoms with Crippen LogP contribution in [0.2, 0.25) is 5.02 Å². The van der Waals surface area contributed by atoms with Crippen LogP contribution < -0.4 is 10.1 Å². The lowest BCUT2D eigenvalue weighted by Gasteiger charge is -2.32. The Hall–Kier alpha value is -2.60. The minimum Gasteiger partial charge on any atom is -0.492 e. The summed E-state index contributed by atoms with van der Waals surface area (Å²) in [6, 6.07) is 13.1. The predicted molar refractivity (Wildman–Crippen MR) is 104 cm³/mol. The molecule has 5 nitrogen and oxygen atoms in total. The molecule has 0 aliphatic carbocycles. The fraction of sp³-hybridized carbons (Fsp3) is 0.333. The summed E-state index contributed by atoms with van der Waals surface area (Å²) in [7, 11) is 0. The summed E-state index contributed by atoms with van der Waals surface area (Å²) in [5.74, 6) is -0.0468. The van der Waals surface area contributed by atoms with Gasteiger partial charge in [0, 0.05) is 24.5 Å². The SMILES string of the molecule is O=C(NCCOc1ccc(F)cc1)[C@@H]1CCC(=O)N(Cc2ccc(Cl)cc2)C1. The van der Waals surface area contributed by atoms with Crippen molar-refractivity contribution in [3.05, 3.63) is 64.9 Å². The van der Waals surface area contributed by atoms with Crippen LogP contribution in [0.3, 0.4) is 0 Å². The third kappa shape index (κ3) is 5.70. The number of halogens is 2. The molecule has 7 heteroatoms. The van der Waals surface area contributed by atoms with Crippen LogP contribution >= 0.6 is 11.6 Å². The fourth-order valence-corrected chi connectivity index (χ4v) is 3.24. The maximum Gasteiger partial charge on any atom is 0.225 e. The molecule has 2 aromatic carbocycles. The summed E-state index contributed by atoms with van der Waals surface area (Å²) in [5, 5.41) is 3.49. The summed E-state index contributed by atoms with van der Waals surface area (Å²) in [6.45, 7) is 1.49. The zero-order chi connectivity index (χ0) is 19.9. The van der Waals surface area contributed by atoms with Gasteiger partial charge in [0.2, 0.25) is 11.8 Å². The molecule has 1 aliphatic heterocycles. The van der Waals surface area contributed by atoms with Gasteiger partial charge in [-0.2, -0.15) is 0 Å². The molecule has 28 heavy (non-hydrogen) atoms. The average Bonchev–Trinajstić information content (AvgIpc) is 2.70. The highest BCUT2D eigenvalue weighted by molar-refractivity contribution is 6.30. The van der Waals surface area contributed by atoms with Gasteiger partial charge < -0.3 is 15.0 Å². The number of hydrogen-bond acceptors (Lipinski definition) is 3. The molecule has 2 amide bonds. The van der Waals surface area contributed by atoms with Crippen molar-refractivity contribution in [2.45, 2.75) is 19.4 Å². The molecule has 0 aromatic heterocycles. The highest BCUT2D eigenvalue weighted by atomic mass is 35.5. The second-order valence-corrected chi connectivity index (χ2v) is 7.17. The van der Waals surface area contributed by atoms with E-state index >= 15 is 0 Å². The third-order valence-electron chi connectivity index (χ3n) is 4.64. The average molecular weight is 405 g/mol. The minimum absolute atomic E-state index is 0.0543. The zero-order valence-electron chi connectivity index (χ0n) is 15.4. The van der Waals surface area contributed by atoms with Crippen LogP contribution in [-0.4, -0.2) is 36.4 Å². The molecule has 1 heterocycles. The van der Waals surface area contributed by atoms with E-state index in [0.717, 1.165) is 5.56 Å². The second kappa shape index (κ2) is 9.55. The number of ether oxygens (including phenoxy) is 1. The Morgan fingerprint density at radius 1 is 1.18 bits per heavy atom. The van der Waals surface area contributed by atoms with E-state index < -0.39 is 0 Å². The van der Waals surface area contributed by atoms with E-state index in [0.29, 0.717) is 43.2 Å². The van der Waals surface area contributed by atoms with Gasteiger partial charge in [0.25, 0.3) is 0 Å². The molecule has 1 saturated heterocycles. The van der Waals surface area contributed by atoms with Gasteiger partial charge in [-0.25, -0.2) is 4.39 Å². The molecule has 1 N–H and O–H groups in total. The Balaban J connectivity index is 1.44. The van der Waals surface area contributed by atoms with Crippen molar-refractivity contribution in [2.75, 3.05) is 19.7 Å². The van der Waals surface area contributed by atoms with Crippen LogP contribution in [0.15, 0.2) is 48.5 Å². The van der Waals surface area contributed by atoms with E-state index in [-0.39, 0.29) is 30.2 Å². The second-order valence-electron chi connectivity index (χ2n) is 6.73. The minimum atomic E-state index is -0.323. The van der Waals surface area contributed by atoms with Crippen LogP contribution in [0.25, 0.3) is 0 Å². The highest BCUT2D eigenvalue weighted by Gasteiger charge is 2.30. The maximum atomic E-state index is 12.9. The number of carbonyl (C=O) groups excluding carboxylic acids is 2. The monoisotopic (exact) mass is 404 g/mol. The Morgan fingerprint density at radius 2 is 1.89 bits per heavy atom. The van der Waals surface area contributed by atoms with Crippen LogP contribution in [-0.2, 0) is 16.1 Å². The molecule has 0 spiro atoms. The molecule has 3 rings (SSSR count). The quantitative estimate of drug-likeness (QED) is 0.719. The number of likely N-dealkylation sites (tertiary alicyclic amines) is 1. The molecule has 148 valence electrons. The van der Waals surface area contributed by atoms with Gasteiger partial charge in [0.1, 0.15) is 18.2 Å². The predicted octanol–water partition coefficient (Wildman–Crippen LogP) is 3.41. The summed E-state index contributed by atoms with van der Waals surface area (Å²) >= 11 is 5.89. The number of amides is 2. The van der Waals surface area contributed by atoms with E-state index in [4.69, 9.17) is 16.3 Å². The molecule has 1 aliphatic rings. The number of hydrogen-bond donors (Lipinski definition) is 1. The zero-order valence-corrected chi connectivity index (χ0v) is 16.1. The van der Waals surface area contributed by atoms with Crippen LogP contribution in [0.5, 0.6) is 5.75 Å². The first kappa shape index (κ1) is 20.1. The van der Waals surface area contributed by atoms with Crippen molar-refractivity contribution in [3.63, 3.8) is 0 Å². The Kier molecular flexibility index (Phi) is 6.87. The van der Waals surface area contributed by atoms with E-state index in [1.807, 2.05) is 12.1 Å². The smallest absolute Gasteiger partial charge is 0.225 e. The van der Waals surface area contributed by atoms with E-state index in [2.05, 4.69) is 5.32 Å². The largest absolute Gasteiger partial charge is 0.492 e. The van der Waals surface area contributed by atoms with Crippen molar-refractivity contribution < 1.29 is 18.7 Å². The number of benzene rings is 2. The van der Waals surface area contributed by atoms with Gasteiger partial charge in [-0.15, -0.1) is 0 Å². The fourth-order valence-electron chi connectivity index (χ4n) is 3.11. The summed E-state index contributed by atoms with van der Waals surface area (Å²) in [6.07, 6.45) is 0.901. The summed E-state index contributed by atoms with van der Waals surface area (Å²) in [5.41, 5.74) is 0.978. The van der Waals surface area contributed by atoms with Crippen molar-refractivity contribution in [2.24, 2.45) is 5.92 Å². The van der Waals surface area contributed by atoms with Gasteiger partial charge in [-0.05, 0) is 48.4 Å². The first-order valence-corrected chi connectivity index (χ1v) is 9.57. The van der Waals surface area contributed by atoms with Crippen molar-refractivity contribution in [1.29, 1.82) is 0 Å². The van der Waals surface area contributed by atoms with Gasteiger partial charge in [-0.1, -0.05) is 23.7 Å². The van der Waals surface area contributed by atoms with Crippen molar-refractivity contribution in [3.8, 4) is 5.75 Å². The molecule has 2 aromatic rings. The molecular formula is C21H22ClFN2O3. The van der Waals surface area contributed by atoms with E-state index in [1.165, 1.54) is 12.1 Å². The topological polar surface area (TPSA) is 58.6 Å². The lowest BCUT2D eigenvalue weighted by Crippen LogP contribution is -2.45. The Morgan fingerprint density at radius 3 is 2.61 bits per heavy atom. The van der Waals surface area contributed by atoms with Gasteiger partial charge in [-0.3, -0.25) is 9.59 Å². The lowest BCUT2D eigenvalue weighted by atomic mass is 9.96. The van der Waals surface area contributed by atoms with E-state index in [9.17, 15) is 14.0 Å². The number of rotatable bonds is 7. The van der Waals surface area contributed by atoms with Crippen LogP contribution in [0, 0.1) is 11.7 Å². The normalized spacial score (nSPS) is 16.7. The molecule has 1 fully saturated rings. The Labute approximate surface area is 168 Å². The molecule has 1 atom stereocenters. The van der Waals surface area contributed by atoms with Crippen molar-refractivity contribution >= 4 is 23.4 Å². The molecule has 0 bridgehead atoms. The lowest BCUT2D eigenvalue weighted by molar-refractivity contribution is -0.138. The van der Waals surface area contributed by atoms with Crippen molar-refractivity contribution in [1.82, 2.24) is 10.2 Å². The number of nitrogens with zero attached hydrogens (tertiary/aromatic N) is 1. The summed E-state index contributed by atoms with van der Waals surface area (Å²) in [4.78, 5) is 26.3. The third-order valence-corrected chi connectivity index (χ3v) is 4.89. The van der Waals surface area contributed by atoms with Gasteiger partial charge in [0.05, 0.1) is 12.5 Å². The molecular weight excluding hydrogens is 383 g/mol. The number of piperidine rings is 1. The maximum absolute atomic E-state index is 12.9. The van der Waals surface area contributed by atoms with Gasteiger partial charge in [0.15, 0.2) is 0 Å². The van der Waals surface area contributed by atoms with Crippen LogP contribution in [0.4, 0.5) is 4.39 Å². The molecule has 0 radical (unpaired) electrons. The first-order chi connectivity index (χ1) is 13.5. The molecule has 0 unspecified atom stereocenters. The molecule has 0 saturated carbocycles. The standard InChI is InChI=1S/C21H22ClFN2O3/c22-17-4-1-15(2-5-17)13-25-14-16(3-10-20(25)26)21(27)24-11-12-28-19-8-6-18(23)7-9-19/h1-2,4-9,16H,3,10-14H2,(H,24,27)/t16-/m1/s1.